The molecule has 5 heteroatoms. The number of nitrogens with zero attached hydrogens (tertiary/aromatic N) is 2. The fourth-order valence-corrected chi connectivity index (χ4v) is 2.65. The first-order valence-corrected chi connectivity index (χ1v) is 7.06. The van der Waals surface area contributed by atoms with Crippen LogP contribution in [0, 0.1) is 0 Å². The number of aromatic nitrogens is 2. The summed E-state index contributed by atoms with van der Waals surface area (Å²) >= 11 is 0. The van der Waals surface area contributed by atoms with Crippen molar-refractivity contribution in [3.8, 4) is 11.3 Å². The maximum absolute atomic E-state index is 12.8. The van der Waals surface area contributed by atoms with E-state index >= 15 is 0 Å². The van der Waals surface area contributed by atoms with E-state index in [-0.39, 0.29) is 0 Å². The Kier molecular flexibility index (Phi) is 2.91. The number of hydrogen-bond acceptors (Lipinski definition) is 1. The van der Waals surface area contributed by atoms with Crippen molar-refractivity contribution in [2.75, 3.05) is 0 Å². The fraction of sp³-hybridized carbons (Fsp3) is 0.0556. The van der Waals surface area contributed by atoms with Crippen LogP contribution in [-0.4, -0.2) is 9.38 Å². The van der Waals surface area contributed by atoms with Crippen molar-refractivity contribution in [1.82, 2.24) is 9.38 Å². The van der Waals surface area contributed by atoms with Crippen molar-refractivity contribution in [2.45, 2.75) is 6.18 Å². The molecule has 0 atom stereocenters. The van der Waals surface area contributed by atoms with Gasteiger partial charge in [0.2, 0.25) is 0 Å². The summed E-state index contributed by atoms with van der Waals surface area (Å²) in [5.74, 6) is 0. The average molecular weight is 312 g/mol. The highest BCUT2D eigenvalue weighted by Gasteiger charge is 2.30. The van der Waals surface area contributed by atoms with Crippen molar-refractivity contribution in [3.05, 3.63) is 72.6 Å². The summed E-state index contributed by atoms with van der Waals surface area (Å²) in [5, 5.41) is 2.18. The van der Waals surface area contributed by atoms with Gasteiger partial charge in [0.1, 0.15) is 5.65 Å². The third kappa shape index (κ3) is 2.44. The average Bonchev–Trinajstić information content (AvgIpc) is 2.96. The zero-order chi connectivity index (χ0) is 16.0. The highest BCUT2D eigenvalue weighted by atomic mass is 19.4. The van der Waals surface area contributed by atoms with Gasteiger partial charge in [0, 0.05) is 18.0 Å². The van der Waals surface area contributed by atoms with Crippen LogP contribution in [0.15, 0.2) is 67.0 Å². The van der Waals surface area contributed by atoms with Gasteiger partial charge in [-0.1, -0.05) is 36.4 Å². The molecule has 0 fully saturated rings. The molecule has 0 saturated heterocycles. The molecule has 0 unspecified atom stereocenters. The molecule has 0 bridgehead atoms. The highest BCUT2D eigenvalue weighted by molar-refractivity contribution is 5.86. The number of fused-ring (bicyclic) bond motifs is 2. The van der Waals surface area contributed by atoms with Crippen molar-refractivity contribution in [1.29, 1.82) is 0 Å². The van der Waals surface area contributed by atoms with E-state index in [1.165, 1.54) is 10.5 Å². The molecule has 0 saturated carbocycles. The minimum Gasteiger partial charge on any atom is -0.306 e. The summed E-state index contributed by atoms with van der Waals surface area (Å²) in [5.41, 5.74) is 1.32. The van der Waals surface area contributed by atoms with E-state index in [4.69, 9.17) is 0 Å². The zero-order valence-corrected chi connectivity index (χ0v) is 11.9. The van der Waals surface area contributed by atoms with Gasteiger partial charge in [-0.25, -0.2) is 4.98 Å². The molecule has 0 spiro atoms. The van der Waals surface area contributed by atoms with Crippen LogP contribution in [0.3, 0.4) is 0 Å². The Morgan fingerprint density at radius 3 is 2.39 bits per heavy atom. The van der Waals surface area contributed by atoms with Crippen LogP contribution < -0.4 is 0 Å². The third-order valence-electron chi connectivity index (χ3n) is 3.82. The highest BCUT2D eigenvalue weighted by Crippen LogP contribution is 2.30. The zero-order valence-electron chi connectivity index (χ0n) is 11.9. The molecule has 0 amide bonds. The monoisotopic (exact) mass is 312 g/mol. The van der Waals surface area contributed by atoms with E-state index in [0.717, 1.165) is 28.6 Å². The molecule has 2 aromatic carbocycles. The van der Waals surface area contributed by atoms with E-state index in [2.05, 4.69) is 4.98 Å². The van der Waals surface area contributed by atoms with E-state index in [0.29, 0.717) is 11.3 Å². The van der Waals surface area contributed by atoms with Gasteiger partial charge in [-0.2, -0.15) is 13.2 Å². The first-order valence-electron chi connectivity index (χ1n) is 7.06. The van der Waals surface area contributed by atoms with Crippen molar-refractivity contribution in [2.24, 2.45) is 0 Å². The lowest BCUT2D eigenvalue weighted by molar-refractivity contribution is -0.137. The Labute approximate surface area is 129 Å². The lowest BCUT2D eigenvalue weighted by Gasteiger charge is -2.05. The summed E-state index contributed by atoms with van der Waals surface area (Å²) in [6.45, 7) is 0. The molecule has 2 nitrogen and oxygen atoms in total. The van der Waals surface area contributed by atoms with Crippen LogP contribution in [0.2, 0.25) is 0 Å². The van der Waals surface area contributed by atoms with E-state index in [1.807, 2.05) is 42.5 Å². The molecule has 4 rings (SSSR count). The van der Waals surface area contributed by atoms with Crippen molar-refractivity contribution in [3.63, 3.8) is 0 Å². The minimum atomic E-state index is -4.36. The van der Waals surface area contributed by atoms with E-state index in [9.17, 15) is 13.2 Å². The second kappa shape index (κ2) is 4.84. The molecule has 0 aliphatic rings. The largest absolute Gasteiger partial charge is 0.417 e. The molecule has 0 radical (unpaired) electrons. The van der Waals surface area contributed by atoms with Gasteiger partial charge in [0.05, 0.1) is 11.3 Å². The quantitative estimate of drug-likeness (QED) is 0.474. The number of benzene rings is 2. The standard InChI is InChI=1S/C18H11F3N2/c19-18(20,21)15-7-8-17-22-16(11-23(17)10-15)14-6-5-12-3-1-2-4-13(12)9-14/h1-11H. The van der Waals surface area contributed by atoms with Crippen LogP contribution >= 0.6 is 0 Å². The van der Waals surface area contributed by atoms with Gasteiger partial charge in [-0.15, -0.1) is 0 Å². The normalized spacial score (nSPS) is 12.1. The Morgan fingerprint density at radius 1 is 0.826 bits per heavy atom. The van der Waals surface area contributed by atoms with Gasteiger partial charge in [-0.3, -0.25) is 0 Å². The molecule has 0 N–H and O–H groups in total. The van der Waals surface area contributed by atoms with Gasteiger partial charge in [0.15, 0.2) is 0 Å². The first kappa shape index (κ1) is 13.8. The Balaban J connectivity index is 1.84. The van der Waals surface area contributed by atoms with Crippen LogP contribution in [-0.2, 0) is 6.18 Å². The van der Waals surface area contributed by atoms with Crippen LogP contribution in [0.1, 0.15) is 5.56 Å². The molecule has 0 aliphatic carbocycles. The maximum Gasteiger partial charge on any atom is 0.417 e. The van der Waals surface area contributed by atoms with Crippen molar-refractivity contribution >= 4 is 16.4 Å². The predicted octanol–water partition coefficient (Wildman–Crippen LogP) is 5.17. The minimum absolute atomic E-state index is 0.487. The summed E-state index contributed by atoms with van der Waals surface area (Å²) in [6.07, 6.45) is -1.68. The second-order valence-electron chi connectivity index (χ2n) is 5.37. The molecular formula is C18H11F3N2. The van der Waals surface area contributed by atoms with Gasteiger partial charge in [0.25, 0.3) is 0 Å². The number of rotatable bonds is 1. The molecule has 4 aromatic rings. The number of halogens is 3. The van der Waals surface area contributed by atoms with Crippen LogP contribution in [0.5, 0.6) is 0 Å². The van der Waals surface area contributed by atoms with E-state index in [1.54, 1.807) is 6.20 Å². The number of pyridine rings is 1. The summed E-state index contributed by atoms with van der Waals surface area (Å²) in [4.78, 5) is 4.41. The molecule has 2 heterocycles. The topological polar surface area (TPSA) is 17.3 Å². The van der Waals surface area contributed by atoms with Crippen molar-refractivity contribution < 1.29 is 13.2 Å². The molecule has 2 aromatic heterocycles. The Hall–Kier alpha value is -2.82. The maximum atomic E-state index is 12.8. The fourth-order valence-electron chi connectivity index (χ4n) is 2.65. The number of alkyl halides is 3. The predicted molar refractivity (Wildman–Crippen MR) is 83.1 cm³/mol. The summed E-state index contributed by atoms with van der Waals surface area (Å²) < 4.78 is 39.8. The smallest absolute Gasteiger partial charge is 0.306 e. The van der Waals surface area contributed by atoms with Crippen LogP contribution in [0.25, 0.3) is 27.7 Å². The van der Waals surface area contributed by atoms with Gasteiger partial charge >= 0.3 is 6.18 Å². The van der Waals surface area contributed by atoms with Gasteiger partial charge in [-0.05, 0) is 29.0 Å². The molecule has 0 aliphatic heterocycles. The van der Waals surface area contributed by atoms with E-state index < -0.39 is 11.7 Å². The number of hydrogen-bond donors (Lipinski definition) is 0. The third-order valence-corrected chi connectivity index (χ3v) is 3.82. The second-order valence-corrected chi connectivity index (χ2v) is 5.37. The molecule has 114 valence electrons. The summed E-state index contributed by atoms with van der Waals surface area (Å²) in [7, 11) is 0. The lowest BCUT2D eigenvalue weighted by Crippen LogP contribution is -2.05. The Bertz CT molecular complexity index is 1020. The summed E-state index contributed by atoms with van der Waals surface area (Å²) in [6, 6.07) is 16.2. The van der Waals surface area contributed by atoms with Gasteiger partial charge < -0.3 is 4.40 Å². The SMILES string of the molecule is FC(F)(F)c1ccc2nc(-c3ccc4ccccc4c3)cn2c1. The molecular weight excluding hydrogens is 301 g/mol. The lowest BCUT2D eigenvalue weighted by atomic mass is 10.1. The van der Waals surface area contributed by atoms with Crippen LogP contribution in [0.4, 0.5) is 13.2 Å². The Morgan fingerprint density at radius 2 is 1.61 bits per heavy atom. The first-order chi connectivity index (χ1) is 11.0. The number of imidazole rings is 1. The molecule has 23 heavy (non-hydrogen) atoms.